The number of nitrogens with zero attached hydrogens (tertiary/aromatic N) is 2. The van der Waals surface area contributed by atoms with Crippen molar-refractivity contribution < 1.29 is 4.74 Å². The number of rotatable bonds is 7. The Kier molecular flexibility index (Phi) is 7.56. The Balaban J connectivity index is 1.74. The number of allylic oxidation sites excluding steroid dienone is 2. The SMILES string of the molecule is CO[C@@H]1CN(c2nc(C)ccc2C(=N)C=CC(C)=N)CC[C@@H]1NC1CCCCC1. The molecular weight excluding hydrogens is 362 g/mol. The molecule has 1 aromatic rings. The second-order valence-electron chi connectivity index (χ2n) is 8.37. The maximum absolute atomic E-state index is 8.46. The molecule has 3 N–H and O–H groups in total. The predicted molar refractivity (Wildman–Crippen MR) is 120 cm³/mol. The van der Waals surface area contributed by atoms with Crippen molar-refractivity contribution in [1.29, 1.82) is 10.8 Å². The zero-order chi connectivity index (χ0) is 20.8. The molecule has 6 heteroatoms. The average molecular weight is 398 g/mol. The number of aromatic nitrogens is 1. The fraction of sp³-hybridized carbons (Fsp3) is 0.609. The molecule has 6 nitrogen and oxygen atoms in total. The van der Waals surface area contributed by atoms with E-state index in [9.17, 15) is 0 Å². The van der Waals surface area contributed by atoms with Gasteiger partial charge in [0.05, 0.1) is 11.8 Å². The maximum atomic E-state index is 8.46. The van der Waals surface area contributed by atoms with E-state index in [0.717, 1.165) is 36.6 Å². The Morgan fingerprint density at radius 1 is 1.17 bits per heavy atom. The first kappa shape index (κ1) is 21.7. The molecule has 0 amide bonds. The van der Waals surface area contributed by atoms with E-state index >= 15 is 0 Å². The largest absolute Gasteiger partial charge is 0.378 e. The molecule has 0 bridgehead atoms. The van der Waals surface area contributed by atoms with Gasteiger partial charge >= 0.3 is 0 Å². The van der Waals surface area contributed by atoms with E-state index in [4.69, 9.17) is 20.5 Å². The van der Waals surface area contributed by atoms with Crippen LogP contribution in [0, 0.1) is 17.7 Å². The lowest BCUT2D eigenvalue weighted by molar-refractivity contribution is 0.0533. The first-order valence-corrected chi connectivity index (χ1v) is 10.8. The highest BCUT2D eigenvalue weighted by Crippen LogP contribution is 2.26. The quantitative estimate of drug-likeness (QED) is 0.610. The number of methoxy groups -OCH3 is 1. The van der Waals surface area contributed by atoms with Gasteiger partial charge < -0.3 is 25.8 Å². The van der Waals surface area contributed by atoms with Crippen LogP contribution < -0.4 is 10.2 Å². The molecule has 2 atom stereocenters. The molecule has 2 aliphatic rings. The summed E-state index contributed by atoms with van der Waals surface area (Å²) in [4.78, 5) is 7.04. The van der Waals surface area contributed by atoms with Gasteiger partial charge in [0.1, 0.15) is 5.82 Å². The summed E-state index contributed by atoms with van der Waals surface area (Å²) in [5.41, 5.74) is 2.57. The summed E-state index contributed by atoms with van der Waals surface area (Å²) < 4.78 is 5.88. The molecule has 1 saturated carbocycles. The first-order chi connectivity index (χ1) is 14.0. The Morgan fingerprint density at radius 3 is 2.62 bits per heavy atom. The summed E-state index contributed by atoms with van der Waals surface area (Å²) in [5.74, 6) is 0.848. The topological polar surface area (TPSA) is 85.1 Å². The normalized spacial score (nSPS) is 23.5. The highest BCUT2D eigenvalue weighted by Gasteiger charge is 2.32. The summed E-state index contributed by atoms with van der Waals surface area (Å²) in [6.07, 6.45) is 11.0. The summed E-state index contributed by atoms with van der Waals surface area (Å²) in [7, 11) is 1.80. The lowest BCUT2D eigenvalue weighted by atomic mass is 9.92. The van der Waals surface area contributed by atoms with Gasteiger partial charge in [-0.15, -0.1) is 0 Å². The highest BCUT2D eigenvalue weighted by molar-refractivity contribution is 6.12. The second kappa shape index (κ2) is 10.1. The number of pyridine rings is 1. The van der Waals surface area contributed by atoms with Crippen LogP contribution >= 0.6 is 0 Å². The van der Waals surface area contributed by atoms with Gasteiger partial charge in [-0.3, -0.25) is 0 Å². The van der Waals surface area contributed by atoms with E-state index in [0.29, 0.717) is 23.5 Å². The summed E-state index contributed by atoms with van der Waals surface area (Å²) in [6, 6.07) is 4.90. The minimum atomic E-state index is 0.106. The number of aryl methyl sites for hydroxylation is 1. The molecule has 0 radical (unpaired) electrons. The van der Waals surface area contributed by atoms with E-state index in [-0.39, 0.29) is 6.10 Å². The van der Waals surface area contributed by atoms with Gasteiger partial charge in [-0.25, -0.2) is 4.98 Å². The molecule has 1 aliphatic heterocycles. The Labute approximate surface area is 174 Å². The first-order valence-electron chi connectivity index (χ1n) is 10.8. The molecule has 1 saturated heterocycles. The minimum absolute atomic E-state index is 0.106. The predicted octanol–water partition coefficient (Wildman–Crippen LogP) is 3.87. The van der Waals surface area contributed by atoms with E-state index in [1.165, 1.54) is 32.1 Å². The van der Waals surface area contributed by atoms with Gasteiger partial charge in [0, 0.05) is 49.3 Å². The van der Waals surface area contributed by atoms with Crippen molar-refractivity contribution in [3.63, 3.8) is 0 Å². The van der Waals surface area contributed by atoms with Gasteiger partial charge in [0.15, 0.2) is 0 Å². The van der Waals surface area contributed by atoms with Gasteiger partial charge in [0.2, 0.25) is 0 Å². The van der Waals surface area contributed by atoms with Crippen LogP contribution in [0.25, 0.3) is 0 Å². The van der Waals surface area contributed by atoms with Crippen molar-refractivity contribution in [2.75, 3.05) is 25.1 Å². The fourth-order valence-corrected chi connectivity index (χ4v) is 4.40. The van der Waals surface area contributed by atoms with Crippen molar-refractivity contribution in [2.24, 2.45) is 0 Å². The average Bonchev–Trinajstić information content (AvgIpc) is 2.73. The Hall–Kier alpha value is -2.05. The third-order valence-corrected chi connectivity index (χ3v) is 6.02. The zero-order valence-electron chi connectivity index (χ0n) is 18.0. The molecule has 2 heterocycles. The van der Waals surface area contributed by atoms with E-state index in [2.05, 4.69) is 10.2 Å². The monoisotopic (exact) mass is 397 g/mol. The van der Waals surface area contributed by atoms with Crippen LogP contribution in [0.15, 0.2) is 24.3 Å². The van der Waals surface area contributed by atoms with Gasteiger partial charge in [0.25, 0.3) is 0 Å². The molecule has 2 fully saturated rings. The zero-order valence-corrected chi connectivity index (χ0v) is 18.0. The minimum Gasteiger partial charge on any atom is -0.378 e. The number of nitrogens with one attached hydrogen (secondary N) is 3. The van der Waals surface area contributed by atoms with Crippen LogP contribution in [0.4, 0.5) is 5.82 Å². The Morgan fingerprint density at radius 2 is 1.93 bits per heavy atom. The number of piperidine rings is 1. The van der Waals surface area contributed by atoms with Crippen molar-refractivity contribution in [1.82, 2.24) is 10.3 Å². The molecule has 29 heavy (non-hydrogen) atoms. The van der Waals surface area contributed by atoms with Crippen LogP contribution in [0.5, 0.6) is 0 Å². The maximum Gasteiger partial charge on any atom is 0.138 e. The fourth-order valence-electron chi connectivity index (χ4n) is 4.40. The molecule has 3 rings (SSSR count). The van der Waals surface area contributed by atoms with Crippen LogP contribution in [0.2, 0.25) is 0 Å². The van der Waals surface area contributed by atoms with Crippen LogP contribution in [0.3, 0.4) is 0 Å². The van der Waals surface area contributed by atoms with E-state index in [1.807, 2.05) is 19.1 Å². The summed E-state index contributed by atoms with van der Waals surface area (Å²) in [6.45, 7) is 5.37. The summed E-state index contributed by atoms with van der Waals surface area (Å²) in [5, 5.41) is 19.9. The number of hydrogen-bond donors (Lipinski definition) is 3. The van der Waals surface area contributed by atoms with Crippen LogP contribution in [-0.4, -0.2) is 54.8 Å². The number of anilines is 1. The van der Waals surface area contributed by atoms with Gasteiger partial charge in [-0.2, -0.15) is 0 Å². The third kappa shape index (κ3) is 5.73. The van der Waals surface area contributed by atoms with Crippen LogP contribution in [0.1, 0.15) is 56.7 Å². The highest BCUT2D eigenvalue weighted by atomic mass is 16.5. The molecule has 158 valence electrons. The van der Waals surface area contributed by atoms with Crippen molar-refractivity contribution in [2.45, 2.75) is 70.6 Å². The lowest BCUT2D eigenvalue weighted by Crippen LogP contribution is -2.56. The smallest absolute Gasteiger partial charge is 0.138 e. The molecule has 0 aromatic carbocycles. The number of ether oxygens (including phenoxy) is 1. The molecular formula is C23H35N5O. The van der Waals surface area contributed by atoms with E-state index in [1.54, 1.807) is 26.2 Å². The van der Waals surface area contributed by atoms with Crippen LogP contribution in [-0.2, 0) is 4.74 Å². The Bertz CT molecular complexity index is 754. The van der Waals surface area contributed by atoms with Crippen molar-refractivity contribution >= 4 is 17.2 Å². The molecule has 1 aromatic heterocycles. The third-order valence-electron chi connectivity index (χ3n) is 6.02. The molecule has 0 spiro atoms. The summed E-state index contributed by atoms with van der Waals surface area (Å²) >= 11 is 0. The van der Waals surface area contributed by atoms with Gasteiger partial charge in [-0.05, 0) is 57.4 Å². The van der Waals surface area contributed by atoms with E-state index < -0.39 is 0 Å². The van der Waals surface area contributed by atoms with Crippen molar-refractivity contribution in [3.8, 4) is 0 Å². The molecule has 0 unspecified atom stereocenters. The molecule has 1 aliphatic carbocycles. The number of hydrogen-bond acceptors (Lipinski definition) is 6. The lowest BCUT2D eigenvalue weighted by Gasteiger charge is -2.41. The second-order valence-corrected chi connectivity index (χ2v) is 8.37. The van der Waals surface area contributed by atoms with Crippen molar-refractivity contribution in [3.05, 3.63) is 35.5 Å². The standard InChI is InChI=1S/C23H35N5O/c1-16(24)9-12-20(25)19-11-10-17(2)26-23(19)28-14-13-21(22(15-28)29-3)27-18-7-5-4-6-8-18/h9-12,18,21-22,24-25,27H,4-8,13-15H2,1-3H3/t21-,22+/m0/s1. The van der Waals surface area contributed by atoms with Gasteiger partial charge in [-0.1, -0.05) is 19.3 Å².